The predicted octanol–water partition coefficient (Wildman–Crippen LogP) is 2.11. The van der Waals surface area contributed by atoms with Crippen LogP contribution in [0.4, 0.5) is 5.69 Å². The van der Waals surface area contributed by atoms with Gasteiger partial charge in [-0.15, -0.1) is 0 Å². The average molecular weight is 265 g/mol. The van der Waals surface area contributed by atoms with Crippen molar-refractivity contribution >= 4 is 28.5 Å². The lowest BCUT2D eigenvalue weighted by Gasteiger charge is -2.13. The fraction of sp³-hybridized carbons (Fsp3) is 0.462. The van der Waals surface area contributed by atoms with Gasteiger partial charge in [-0.2, -0.15) is 11.8 Å². The van der Waals surface area contributed by atoms with Crippen LogP contribution in [-0.2, 0) is 13.2 Å². The monoisotopic (exact) mass is 265 g/mol. The van der Waals surface area contributed by atoms with Crippen LogP contribution in [0.25, 0.3) is 11.0 Å². The summed E-state index contributed by atoms with van der Waals surface area (Å²) in [5, 5.41) is 9.41. The third-order valence-corrected chi connectivity index (χ3v) is 3.84. The molecule has 0 aliphatic heterocycles. The summed E-state index contributed by atoms with van der Waals surface area (Å²) in [6.45, 7) is 3.04. The molecule has 2 aromatic rings. The molecule has 98 valence electrons. The van der Waals surface area contributed by atoms with Crippen LogP contribution < -0.4 is 5.73 Å². The summed E-state index contributed by atoms with van der Waals surface area (Å²) >= 11 is 1.84. The molecule has 0 aliphatic rings. The summed E-state index contributed by atoms with van der Waals surface area (Å²) in [5.41, 5.74) is 8.36. The van der Waals surface area contributed by atoms with Crippen molar-refractivity contribution in [3.05, 3.63) is 24.0 Å². The van der Waals surface area contributed by atoms with E-state index in [0.29, 0.717) is 17.4 Å². The van der Waals surface area contributed by atoms with Crippen LogP contribution in [0.5, 0.6) is 0 Å². The van der Waals surface area contributed by atoms with Crippen molar-refractivity contribution in [1.29, 1.82) is 0 Å². The molecule has 1 aromatic carbocycles. The Labute approximate surface area is 111 Å². The Morgan fingerprint density at radius 1 is 1.50 bits per heavy atom. The summed E-state index contributed by atoms with van der Waals surface area (Å²) in [5.74, 6) is 2.35. The number of fused-ring (bicyclic) bond motifs is 1. The number of nitrogens with two attached hydrogens (primary N) is 1. The molecule has 1 aromatic heterocycles. The quantitative estimate of drug-likeness (QED) is 0.813. The van der Waals surface area contributed by atoms with Crippen molar-refractivity contribution in [3.63, 3.8) is 0 Å². The zero-order valence-electron chi connectivity index (χ0n) is 10.8. The maximum atomic E-state index is 9.41. The summed E-state index contributed by atoms with van der Waals surface area (Å²) in [4.78, 5) is 4.43. The molecular weight excluding hydrogens is 246 g/mol. The van der Waals surface area contributed by atoms with Crippen LogP contribution in [0.15, 0.2) is 18.2 Å². The van der Waals surface area contributed by atoms with E-state index in [1.165, 1.54) is 0 Å². The first-order valence-electron chi connectivity index (χ1n) is 6.00. The predicted molar refractivity (Wildman–Crippen MR) is 77.6 cm³/mol. The van der Waals surface area contributed by atoms with Crippen LogP contribution >= 0.6 is 11.8 Å². The highest BCUT2D eigenvalue weighted by molar-refractivity contribution is 7.98. The van der Waals surface area contributed by atoms with E-state index >= 15 is 0 Å². The molecule has 2 rings (SSSR count). The summed E-state index contributed by atoms with van der Waals surface area (Å²) < 4.78 is 2.09. The molecule has 5 heteroatoms. The molecule has 1 atom stereocenters. The van der Waals surface area contributed by atoms with Crippen molar-refractivity contribution in [2.45, 2.75) is 20.1 Å². The molecule has 1 heterocycles. The van der Waals surface area contributed by atoms with E-state index in [-0.39, 0.29) is 6.61 Å². The SMILES string of the molecule is CSCC(C)Cn1c(CO)nc2cc(N)ccc21. The Morgan fingerprint density at radius 3 is 2.94 bits per heavy atom. The van der Waals surface area contributed by atoms with Crippen molar-refractivity contribution in [3.8, 4) is 0 Å². The molecule has 0 spiro atoms. The normalized spacial score (nSPS) is 13.1. The van der Waals surface area contributed by atoms with Crippen LogP contribution in [-0.4, -0.2) is 26.7 Å². The molecule has 3 N–H and O–H groups in total. The zero-order valence-corrected chi connectivity index (χ0v) is 11.6. The highest BCUT2D eigenvalue weighted by Gasteiger charge is 2.12. The molecule has 0 aliphatic carbocycles. The maximum Gasteiger partial charge on any atom is 0.135 e. The second-order valence-corrected chi connectivity index (χ2v) is 5.52. The molecule has 0 amide bonds. The lowest BCUT2D eigenvalue weighted by Crippen LogP contribution is -2.12. The Balaban J connectivity index is 2.40. The number of imidazole rings is 1. The minimum Gasteiger partial charge on any atom is -0.399 e. The second-order valence-electron chi connectivity index (χ2n) is 4.61. The number of aliphatic hydroxyl groups is 1. The van der Waals surface area contributed by atoms with Gasteiger partial charge in [0.25, 0.3) is 0 Å². The van der Waals surface area contributed by atoms with Crippen LogP contribution in [0, 0.1) is 5.92 Å². The van der Waals surface area contributed by atoms with Gasteiger partial charge in [0.2, 0.25) is 0 Å². The molecule has 1 unspecified atom stereocenters. The van der Waals surface area contributed by atoms with E-state index in [9.17, 15) is 5.11 Å². The molecule has 18 heavy (non-hydrogen) atoms. The number of thioether (sulfide) groups is 1. The van der Waals surface area contributed by atoms with Gasteiger partial charge in [-0.25, -0.2) is 4.98 Å². The molecule has 4 nitrogen and oxygen atoms in total. The van der Waals surface area contributed by atoms with Gasteiger partial charge >= 0.3 is 0 Å². The number of nitrogen functional groups attached to an aromatic ring is 1. The molecule has 0 saturated heterocycles. The molecule has 0 bridgehead atoms. The first kappa shape index (κ1) is 13.2. The zero-order chi connectivity index (χ0) is 13.1. The largest absolute Gasteiger partial charge is 0.399 e. The average Bonchev–Trinajstić information content (AvgIpc) is 2.66. The minimum absolute atomic E-state index is 0.0411. The van der Waals surface area contributed by atoms with E-state index < -0.39 is 0 Å². The van der Waals surface area contributed by atoms with Crippen LogP contribution in [0.3, 0.4) is 0 Å². The summed E-state index contributed by atoms with van der Waals surface area (Å²) in [7, 11) is 0. The van der Waals surface area contributed by atoms with Gasteiger partial charge < -0.3 is 15.4 Å². The van der Waals surface area contributed by atoms with E-state index in [1.807, 2.05) is 30.0 Å². The number of aliphatic hydroxyl groups excluding tert-OH is 1. The van der Waals surface area contributed by atoms with Gasteiger partial charge in [-0.1, -0.05) is 6.92 Å². The van der Waals surface area contributed by atoms with Gasteiger partial charge in [0.15, 0.2) is 0 Å². The molecule has 0 fully saturated rings. The van der Waals surface area contributed by atoms with E-state index in [1.54, 1.807) is 0 Å². The number of benzene rings is 1. The highest BCUT2D eigenvalue weighted by atomic mass is 32.2. The number of hydrogen-bond acceptors (Lipinski definition) is 4. The standard InChI is InChI=1S/C13H19N3OS/c1-9(8-18-2)6-16-12-4-3-10(14)5-11(12)15-13(16)7-17/h3-5,9,17H,6-8,14H2,1-2H3. The number of anilines is 1. The van der Waals surface area contributed by atoms with Crippen LogP contribution in [0.2, 0.25) is 0 Å². The van der Waals surface area contributed by atoms with Gasteiger partial charge in [0.1, 0.15) is 12.4 Å². The van der Waals surface area contributed by atoms with Crippen LogP contribution in [0.1, 0.15) is 12.7 Å². The number of aromatic nitrogens is 2. The Kier molecular flexibility index (Phi) is 4.14. The van der Waals surface area contributed by atoms with Gasteiger partial charge in [-0.05, 0) is 36.1 Å². The Hall–Kier alpha value is -1.20. The summed E-state index contributed by atoms with van der Waals surface area (Å²) in [6, 6.07) is 5.70. The van der Waals surface area contributed by atoms with E-state index in [0.717, 1.165) is 23.3 Å². The van der Waals surface area contributed by atoms with E-state index in [4.69, 9.17) is 5.73 Å². The van der Waals surface area contributed by atoms with Crippen molar-refractivity contribution in [2.75, 3.05) is 17.7 Å². The first-order chi connectivity index (χ1) is 8.65. The lowest BCUT2D eigenvalue weighted by atomic mass is 10.2. The molecular formula is C13H19N3OS. The second kappa shape index (κ2) is 5.63. The molecule has 0 radical (unpaired) electrons. The third-order valence-electron chi connectivity index (χ3n) is 2.94. The topological polar surface area (TPSA) is 64.1 Å². The van der Waals surface area contributed by atoms with Crippen molar-refractivity contribution in [2.24, 2.45) is 5.92 Å². The Morgan fingerprint density at radius 2 is 2.28 bits per heavy atom. The number of nitrogens with zero attached hydrogens (tertiary/aromatic N) is 2. The van der Waals surface area contributed by atoms with Gasteiger partial charge in [0, 0.05) is 12.2 Å². The molecule has 0 saturated carbocycles. The fourth-order valence-corrected chi connectivity index (χ4v) is 2.84. The van der Waals surface area contributed by atoms with E-state index in [2.05, 4.69) is 22.7 Å². The van der Waals surface area contributed by atoms with Crippen molar-refractivity contribution in [1.82, 2.24) is 9.55 Å². The lowest BCUT2D eigenvalue weighted by molar-refractivity contribution is 0.264. The number of hydrogen-bond donors (Lipinski definition) is 2. The highest BCUT2D eigenvalue weighted by Crippen LogP contribution is 2.21. The minimum atomic E-state index is -0.0411. The Bertz CT molecular complexity index is 538. The summed E-state index contributed by atoms with van der Waals surface area (Å²) in [6.07, 6.45) is 2.11. The first-order valence-corrected chi connectivity index (χ1v) is 7.39. The van der Waals surface area contributed by atoms with Crippen molar-refractivity contribution < 1.29 is 5.11 Å². The maximum absolute atomic E-state index is 9.41. The number of rotatable bonds is 5. The van der Waals surface area contributed by atoms with Gasteiger partial charge in [-0.3, -0.25) is 0 Å². The van der Waals surface area contributed by atoms with Gasteiger partial charge in [0.05, 0.1) is 11.0 Å². The smallest absolute Gasteiger partial charge is 0.135 e. The third kappa shape index (κ3) is 2.62. The fourth-order valence-electron chi connectivity index (χ4n) is 2.17.